The van der Waals surface area contributed by atoms with Crippen molar-refractivity contribution >= 4 is 0 Å². The summed E-state index contributed by atoms with van der Waals surface area (Å²) in [7, 11) is 0. The van der Waals surface area contributed by atoms with Gasteiger partial charge in [0, 0.05) is 11.1 Å². The zero-order valence-electron chi connectivity index (χ0n) is 23.3. The van der Waals surface area contributed by atoms with Gasteiger partial charge in [-0.1, -0.05) is 125 Å². The maximum absolute atomic E-state index is 15.2. The van der Waals surface area contributed by atoms with E-state index in [1.54, 1.807) is 36.4 Å². The van der Waals surface area contributed by atoms with Crippen LogP contribution in [0.3, 0.4) is 0 Å². The first-order valence-corrected chi connectivity index (χ1v) is 14.5. The van der Waals surface area contributed by atoms with Gasteiger partial charge in [0.05, 0.1) is 6.61 Å². The van der Waals surface area contributed by atoms with Crippen molar-refractivity contribution in [3.05, 3.63) is 102 Å². The molecule has 0 aliphatic rings. The number of benzene rings is 4. The lowest BCUT2D eigenvalue weighted by Gasteiger charge is -2.11. The van der Waals surface area contributed by atoms with Crippen LogP contribution in [0.5, 0.6) is 5.75 Å². The Balaban J connectivity index is 1.40. The van der Waals surface area contributed by atoms with Gasteiger partial charge in [0.15, 0.2) is 11.6 Å². The fraction of sp³-hybridized carbons (Fsp3) is 0.333. The van der Waals surface area contributed by atoms with Gasteiger partial charge in [0.1, 0.15) is 5.75 Å². The van der Waals surface area contributed by atoms with E-state index in [1.807, 2.05) is 24.3 Å². The molecule has 4 aromatic carbocycles. The summed E-state index contributed by atoms with van der Waals surface area (Å²) in [6, 6.07) is 26.8. The number of rotatable bonds is 14. The third-order valence-corrected chi connectivity index (χ3v) is 7.32. The number of hydrogen-bond acceptors (Lipinski definition) is 1. The molecule has 0 radical (unpaired) electrons. The van der Waals surface area contributed by atoms with Gasteiger partial charge in [-0.2, -0.15) is 0 Å². The zero-order chi connectivity index (χ0) is 27.5. The fourth-order valence-electron chi connectivity index (χ4n) is 4.88. The highest BCUT2D eigenvalue weighted by Crippen LogP contribution is 2.33. The van der Waals surface area contributed by atoms with Gasteiger partial charge in [-0.15, -0.1) is 0 Å². The Bertz CT molecular complexity index is 1290. The number of hydrogen-bond donors (Lipinski definition) is 0. The molecule has 4 aromatic rings. The monoisotopic (exact) mass is 526 g/mol. The lowest BCUT2D eigenvalue weighted by atomic mass is 9.96. The molecule has 0 saturated heterocycles. The topological polar surface area (TPSA) is 9.23 Å². The SMILES string of the molecule is CCCCCCCCc1ccc(-c2ccc(-c3ccc(-c4ccc(OCCCC)cc4)c(F)c3F)cc2)cc1. The smallest absolute Gasteiger partial charge is 0.167 e. The summed E-state index contributed by atoms with van der Waals surface area (Å²) >= 11 is 0. The van der Waals surface area contributed by atoms with Crippen LogP contribution < -0.4 is 4.74 Å². The van der Waals surface area contributed by atoms with Crippen molar-refractivity contribution < 1.29 is 13.5 Å². The van der Waals surface area contributed by atoms with Gasteiger partial charge in [0.25, 0.3) is 0 Å². The maximum atomic E-state index is 15.2. The van der Waals surface area contributed by atoms with Gasteiger partial charge in [0.2, 0.25) is 0 Å². The first kappa shape index (κ1) is 28.5. The van der Waals surface area contributed by atoms with E-state index in [0.29, 0.717) is 17.7 Å². The molecule has 0 N–H and O–H groups in total. The summed E-state index contributed by atoms with van der Waals surface area (Å²) < 4.78 is 36.0. The number of unbranched alkanes of at least 4 members (excludes halogenated alkanes) is 6. The van der Waals surface area contributed by atoms with Gasteiger partial charge < -0.3 is 4.74 Å². The van der Waals surface area contributed by atoms with Crippen molar-refractivity contribution in [2.24, 2.45) is 0 Å². The van der Waals surface area contributed by atoms with E-state index in [-0.39, 0.29) is 11.1 Å². The Morgan fingerprint density at radius 3 is 1.51 bits per heavy atom. The summed E-state index contributed by atoms with van der Waals surface area (Å²) in [5, 5.41) is 0. The molecular formula is C36H40F2O. The van der Waals surface area contributed by atoms with Crippen LogP contribution in [0.15, 0.2) is 84.9 Å². The summed E-state index contributed by atoms with van der Waals surface area (Å²) in [6.45, 7) is 5.01. The third-order valence-electron chi connectivity index (χ3n) is 7.32. The third kappa shape index (κ3) is 7.79. The quantitative estimate of drug-likeness (QED) is 0.148. The molecule has 0 atom stereocenters. The van der Waals surface area contributed by atoms with Crippen molar-refractivity contribution in [3.63, 3.8) is 0 Å². The Hall–Kier alpha value is -3.46. The Kier molecular flexibility index (Phi) is 10.7. The van der Waals surface area contributed by atoms with Crippen LogP contribution in [0, 0.1) is 11.6 Å². The van der Waals surface area contributed by atoms with Crippen LogP contribution >= 0.6 is 0 Å². The number of ether oxygens (including phenoxy) is 1. The van der Waals surface area contributed by atoms with Crippen LogP contribution in [0.1, 0.15) is 70.8 Å². The molecule has 0 heterocycles. The first-order chi connectivity index (χ1) is 19.1. The molecule has 0 spiro atoms. The second-order valence-corrected chi connectivity index (χ2v) is 10.3. The lowest BCUT2D eigenvalue weighted by Crippen LogP contribution is -1.97. The second kappa shape index (κ2) is 14.6. The summed E-state index contributed by atoms with van der Waals surface area (Å²) in [5.74, 6) is -0.933. The molecular weight excluding hydrogens is 486 g/mol. The highest BCUT2D eigenvalue weighted by molar-refractivity contribution is 5.74. The molecule has 204 valence electrons. The molecule has 0 aliphatic carbocycles. The molecule has 0 aliphatic heterocycles. The molecule has 0 amide bonds. The normalized spacial score (nSPS) is 11.1. The first-order valence-electron chi connectivity index (χ1n) is 14.5. The Labute approximate surface area is 232 Å². The molecule has 0 fully saturated rings. The highest BCUT2D eigenvalue weighted by atomic mass is 19.2. The van der Waals surface area contributed by atoms with Crippen molar-refractivity contribution in [2.75, 3.05) is 6.61 Å². The minimum Gasteiger partial charge on any atom is -0.494 e. The number of aryl methyl sites for hydroxylation is 1. The average Bonchev–Trinajstić information content (AvgIpc) is 2.97. The highest BCUT2D eigenvalue weighted by Gasteiger charge is 2.16. The predicted molar refractivity (Wildman–Crippen MR) is 160 cm³/mol. The van der Waals surface area contributed by atoms with E-state index in [2.05, 4.69) is 38.1 Å². The van der Waals surface area contributed by atoms with E-state index in [4.69, 9.17) is 4.74 Å². The predicted octanol–water partition coefficient (Wildman–Crippen LogP) is 11.0. The van der Waals surface area contributed by atoms with E-state index in [9.17, 15) is 0 Å². The molecule has 4 rings (SSSR count). The van der Waals surface area contributed by atoms with Crippen LogP contribution in [0.2, 0.25) is 0 Å². The van der Waals surface area contributed by atoms with Crippen molar-refractivity contribution in [2.45, 2.75) is 71.6 Å². The maximum Gasteiger partial charge on any atom is 0.167 e. The van der Waals surface area contributed by atoms with Crippen LogP contribution in [0.4, 0.5) is 8.78 Å². The lowest BCUT2D eigenvalue weighted by molar-refractivity contribution is 0.309. The second-order valence-electron chi connectivity index (χ2n) is 10.3. The van der Waals surface area contributed by atoms with E-state index in [0.717, 1.165) is 36.1 Å². The molecule has 0 bridgehead atoms. The standard InChI is InChI=1S/C36H40F2O/c1-3-5-7-8-9-10-11-27-12-14-28(15-13-27)29-16-18-30(19-17-29)33-24-25-34(36(38)35(33)37)31-20-22-32(23-21-31)39-26-6-4-2/h12-25H,3-11,26H2,1-2H3. The van der Waals surface area contributed by atoms with Crippen molar-refractivity contribution in [1.29, 1.82) is 0 Å². The van der Waals surface area contributed by atoms with E-state index in [1.165, 1.54) is 44.1 Å². The molecule has 0 unspecified atom stereocenters. The minimum absolute atomic E-state index is 0.244. The average molecular weight is 527 g/mol. The van der Waals surface area contributed by atoms with Crippen molar-refractivity contribution in [1.82, 2.24) is 0 Å². The molecule has 0 aromatic heterocycles. The van der Waals surface area contributed by atoms with E-state index >= 15 is 8.78 Å². The fourth-order valence-corrected chi connectivity index (χ4v) is 4.88. The van der Waals surface area contributed by atoms with Gasteiger partial charge >= 0.3 is 0 Å². The van der Waals surface area contributed by atoms with Crippen LogP contribution in [-0.2, 0) is 6.42 Å². The Morgan fingerprint density at radius 2 is 0.949 bits per heavy atom. The summed E-state index contributed by atoms with van der Waals surface area (Å²) in [5.41, 5.74) is 5.32. The molecule has 3 heteroatoms. The van der Waals surface area contributed by atoms with Gasteiger partial charge in [-0.3, -0.25) is 0 Å². The Morgan fingerprint density at radius 1 is 0.487 bits per heavy atom. The van der Waals surface area contributed by atoms with Crippen molar-refractivity contribution in [3.8, 4) is 39.1 Å². The van der Waals surface area contributed by atoms with Gasteiger partial charge in [-0.05, 0) is 59.2 Å². The molecule has 1 nitrogen and oxygen atoms in total. The molecule has 39 heavy (non-hydrogen) atoms. The minimum atomic E-state index is -0.836. The van der Waals surface area contributed by atoms with E-state index < -0.39 is 11.6 Å². The van der Waals surface area contributed by atoms with Gasteiger partial charge in [-0.25, -0.2) is 8.78 Å². The molecule has 0 saturated carbocycles. The number of halogens is 2. The summed E-state index contributed by atoms with van der Waals surface area (Å²) in [6.07, 6.45) is 11.0. The van der Waals surface area contributed by atoms with Crippen LogP contribution in [-0.4, -0.2) is 6.61 Å². The van der Waals surface area contributed by atoms with Crippen LogP contribution in [0.25, 0.3) is 33.4 Å². The summed E-state index contributed by atoms with van der Waals surface area (Å²) in [4.78, 5) is 0. The largest absolute Gasteiger partial charge is 0.494 e. The zero-order valence-corrected chi connectivity index (χ0v) is 23.3.